The zero-order valence-electron chi connectivity index (χ0n) is 14.2. The lowest BCUT2D eigenvalue weighted by Crippen LogP contribution is -2.59. The molecular formula is C17H23F3N2O3. The minimum absolute atomic E-state index is 0.173. The first kappa shape index (κ1) is 19.7. The Balaban J connectivity index is 2.64. The number of hydrogen-bond donors (Lipinski definition) is 2. The van der Waals surface area contributed by atoms with Gasteiger partial charge >= 0.3 is 6.36 Å². The molecule has 3 N–H and O–H groups in total. The van der Waals surface area contributed by atoms with Crippen LogP contribution in [-0.4, -0.2) is 36.7 Å². The van der Waals surface area contributed by atoms with Crippen molar-refractivity contribution in [1.82, 2.24) is 5.32 Å². The molecule has 25 heavy (non-hydrogen) atoms. The van der Waals surface area contributed by atoms with E-state index in [0.29, 0.717) is 25.9 Å². The highest BCUT2D eigenvalue weighted by Gasteiger charge is 2.59. The van der Waals surface area contributed by atoms with E-state index in [1.807, 2.05) is 0 Å². The second-order valence-corrected chi connectivity index (χ2v) is 6.53. The number of Topliss-reactive ketones (excluding diaryl/α,β-unsaturated/α-hetero) is 1. The Labute approximate surface area is 144 Å². The largest absolute Gasteiger partial charge is 0.523 e. The van der Waals surface area contributed by atoms with E-state index in [-0.39, 0.29) is 11.5 Å². The molecule has 0 aromatic rings. The Hall–Kier alpha value is -1.67. The number of rotatable bonds is 6. The molecule has 1 heterocycles. The predicted molar refractivity (Wildman–Crippen MR) is 85.2 cm³/mol. The van der Waals surface area contributed by atoms with Crippen LogP contribution in [0.15, 0.2) is 23.8 Å². The SMILES string of the molecule is CCC(C)C(=O)C1(OC(F)(F)F)C(C2CCNC2)=CC=CC1C(N)=O. The average molecular weight is 360 g/mol. The van der Waals surface area contributed by atoms with Crippen molar-refractivity contribution in [1.29, 1.82) is 0 Å². The fourth-order valence-corrected chi connectivity index (χ4v) is 3.57. The quantitative estimate of drug-likeness (QED) is 0.760. The van der Waals surface area contributed by atoms with Crippen molar-refractivity contribution in [2.24, 2.45) is 23.5 Å². The van der Waals surface area contributed by atoms with E-state index in [1.54, 1.807) is 6.92 Å². The van der Waals surface area contributed by atoms with Gasteiger partial charge < -0.3 is 11.1 Å². The first-order valence-electron chi connectivity index (χ1n) is 8.33. The van der Waals surface area contributed by atoms with Crippen LogP contribution < -0.4 is 11.1 Å². The second kappa shape index (κ2) is 7.29. The van der Waals surface area contributed by atoms with Crippen LogP contribution in [0.4, 0.5) is 13.2 Å². The van der Waals surface area contributed by atoms with Gasteiger partial charge in [-0.2, -0.15) is 0 Å². The molecule has 0 radical (unpaired) electrons. The first-order chi connectivity index (χ1) is 11.6. The number of amides is 1. The van der Waals surface area contributed by atoms with E-state index >= 15 is 0 Å². The third-order valence-corrected chi connectivity index (χ3v) is 4.96. The molecule has 2 rings (SSSR count). The molecule has 0 spiro atoms. The maximum Gasteiger partial charge on any atom is 0.523 e. The topological polar surface area (TPSA) is 81.4 Å². The molecule has 1 aliphatic carbocycles. The molecule has 1 aliphatic heterocycles. The summed E-state index contributed by atoms with van der Waals surface area (Å²) in [6.07, 6.45) is -0.0451. The molecule has 2 aliphatic rings. The minimum atomic E-state index is -5.09. The fraction of sp³-hybridized carbons (Fsp3) is 0.647. The van der Waals surface area contributed by atoms with Crippen LogP contribution >= 0.6 is 0 Å². The number of ketones is 1. The number of hydrogen-bond acceptors (Lipinski definition) is 4. The van der Waals surface area contributed by atoms with Crippen molar-refractivity contribution in [3.8, 4) is 0 Å². The van der Waals surface area contributed by atoms with Crippen molar-refractivity contribution in [3.63, 3.8) is 0 Å². The van der Waals surface area contributed by atoms with Crippen LogP contribution in [0.25, 0.3) is 0 Å². The standard InChI is InChI=1S/C17H23F3N2O3/c1-3-10(2)14(23)16(25-17(18,19)20)12(11-7-8-22-9-11)5-4-6-13(16)15(21)24/h4-6,10-11,13,22H,3,7-9H2,1-2H3,(H2,21,24). The van der Waals surface area contributed by atoms with E-state index in [4.69, 9.17) is 5.73 Å². The van der Waals surface area contributed by atoms with Gasteiger partial charge in [-0.3, -0.25) is 14.3 Å². The monoisotopic (exact) mass is 360 g/mol. The summed E-state index contributed by atoms with van der Waals surface area (Å²) < 4.78 is 44.4. The molecule has 140 valence electrons. The third-order valence-electron chi connectivity index (χ3n) is 4.96. The lowest BCUT2D eigenvalue weighted by molar-refractivity contribution is -0.358. The number of carbonyl (C=O) groups excluding carboxylic acids is 2. The Morgan fingerprint density at radius 1 is 1.48 bits per heavy atom. The molecule has 8 heteroatoms. The molecule has 0 aromatic heterocycles. The molecular weight excluding hydrogens is 337 g/mol. The van der Waals surface area contributed by atoms with Gasteiger partial charge in [0.1, 0.15) is 0 Å². The zero-order chi connectivity index (χ0) is 18.8. The number of ether oxygens (including phenoxy) is 1. The van der Waals surface area contributed by atoms with Crippen molar-refractivity contribution >= 4 is 11.7 Å². The zero-order valence-corrected chi connectivity index (χ0v) is 14.2. The summed E-state index contributed by atoms with van der Waals surface area (Å²) in [7, 11) is 0. The van der Waals surface area contributed by atoms with E-state index in [1.165, 1.54) is 25.2 Å². The van der Waals surface area contributed by atoms with Gasteiger partial charge in [0, 0.05) is 12.5 Å². The van der Waals surface area contributed by atoms with E-state index < -0.39 is 35.5 Å². The predicted octanol–water partition coefficient (Wildman–Crippen LogP) is 2.08. The Bertz CT molecular complexity index is 594. The van der Waals surface area contributed by atoms with E-state index in [0.717, 1.165) is 0 Å². The molecule has 1 amide bonds. The van der Waals surface area contributed by atoms with Crippen LogP contribution in [0.1, 0.15) is 26.7 Å². The smallest absolute Gasteiger partial charge is 0.369 e. The summed E-state index contributed by atoms with van der Waals surface area (Å²) in [6, 6.07) is 0. The summed E-state index contributed by atoms with van der Waals surface area (Å²) in [5.74, 6) is -4.33. The van der Waals surface area contributed by atoms with Gasteiger partial charge in [-0.15, -0.1) is 13.2 Å². The van der Waals surface area contributed by atoms with Gasteiger partial charge in [0.25, 0.3) is 0 Å². The highest BCUT2D eigenvalue weighted by atomic mass is 19.4. The van der Waals surface area contributed by atoms with Gasteiger partial charge in [0.15, 0.2) is 11.4 Å². The van der Waals surface area contributed by atoms with Gasteiger partial charge in [0.2, 0.25) is 5.91 Å². The Morgan fingerprint density at radius 2 is 2.16 bits per heavy atom. The number of allylic oxidation sites excluding steroid dienone is 2. The first-order valence-corrected chi connectivity index (χ1v) is 8.33. The fourth-order valence-electron chi connectivity index (χ4n) is 3.57. The number of alkyl halides is 3. The molecule has 1 saturated heterocycles. The van der Waals surface area contributed by atoms with Crippen molar-refractivity contribution < 1.29 is 27.5 Å². The molecule has 5 nitrogen and oxygen atoms in total. The van der Waals surface area contributed by atoms with Gasteiger partial charge in [-0.1, -0.05) is 32.1 Å². The molecule has 0 aromatic carbocycles. The van der Waals surface area contributed by atoms with Crippen LogP contribution in [0.3, 0.4) is 0 Å². The highest BCUT2D eigenvalue weighted by Crippen LogP contribution is 2.46. The van der Waals surface area contributed by atoms with Crippen LogP contribution in [-0.2, 0) is 14.3 Å². The van der Waals surface area contributed by atoms with Gasteiger partial charge in [0.05, 0.1) is 5.92 Å². The highest BCUT2D eigenvalue weighted by molar-refractivity contribution is 5.99. The molecule has 4 atom stereocenters. The lowest BCUT2D eigenvalue weighted by atomic mass is 9.67. The Kier molecular flexibility index (Phi) is 5.73. The average Bonchev–Trinajstić information content (AvgIpc) is 3.05. The molecule has 1 fully saturated rings. The number of primary amides is 1. The summed E-state index contributed by atoms with van der Waals surface area (Å²) >= 11 is 0. The van der Waals surface area contributed by atoms with Crippen LogP contribution in [0.2, 0.25) is 0 Å². The number of nitrogens with two attached hydrogens (primary N) is 1. The van der Waals surface area contributed by atoms with Crippen LogP contribution in [0.5, 0.6) is 0 Å². The molecule has 0 bridgehead atoms. The summed E-state index contributed by atoms with van der Waals surface area (Å²) in [5.41, 5.74) is 3.10. The minimum Gasteiger partial charge on any atom is -0.369 e. The number of halogens is 3. The number of carbonyl (C=O) groups is 2. The van der Waals surface area contributed by atoms with Crippen molar-refractivity contribution in [2.75, 3.05) is 13.1 Å². The van der Waals surface area contributed by atoms with E-state index in [2.05, 4.69) is 10.1 Å². The van der Waals surface area contributed by atoms with Crippen molar-refractivity contribution in [2.45, 2.75) is 38.7 Å². The van der Waals surface area contributed by atoms with Gasteiger partial charge in [-0.25, -0.2) is 0 Å². The summed E-state index contributed by atoms with van der Waals surface area (Å²) in [6.45, 7) is 4.27. The third kappa shape index (κ3) is 3.79. The maximum absolute atomic E-state index is 13.3. The molecule has 4 unspecified atom stereocenters. The van der Waals surface area contributed by atoms with Gasteiger partial charge in [-0.05, 0) is 30.9 Å². The maximum atomic E-state index is 13.3. The normalized spacial score (nSPS) is 30.8. The summed E-state index contributed by atoms with van der Waals surface area (Å²) in [4.78, 5) is 25.0. The van der Waals surface area contributed by atoms with E-state index in [9.17, 15) is 22.8 Å². The second-order valence-electron chi connectivity index (χ2n) is 6.53. The molecule has 0 saturated carbocycles. The van der Waals surface area contributed by atoms with Crippen LogP contribution in [0, 0.1) is 17.8 Å². The van der Waals surface area contributed by atoms with Crippen molar-refractivity contribution in [3.05, 3.63) is 23.8 Å². The summed E-state index contributed by atoms with van der Waals surface area (Å²) in [5, 5.41) is 3.07. The number of nitrogens with one attached hydrogen (secondary N) is 1. The lowest BCUT2D eigenvalue weighted by Gasteiger charge is -2.43. The Morgan fingerprint density at radius 3 is 2.64 bits per heavy atom.